The molecule has 1 aromatic carbocycles. The summed E-state index contributed by atoms with van der Waals surface area (Å²) < 4.78 is 37.2. The van der Waals surface area contributed by atoms with E-state index in [4.69, 9.17) is 0 Å². The zero-order valence-corrected chi connectivity index (χ0v) is 13.9. The molecule has 0 spiro atoms. The molecule has 0 atom stereocenters. The Kier molecular flexibility index (Phi) is 6.35. The molecule has 23 heavy (non-hydrogen) atoms. The summed E-state index contributed by atoms with van der Waals surface area (Å²) in [4.78, 5) is 16.2. The monoisotopic (exact) mass is 346 g/mol. The molecule has 3 nitrogen and oxygen atoms in total. The van der Waals surface area contributed by atoms with E-state index >= 15 is 0 Å². The van der Waals surface area contributed by atoms with E-state index in [1.807, 2.05) is 37.4 Å². The number of likely N-dealkylation sites (tertiary alicyclic amines) is 1. The van der Waals surface area contributed by atoms with Crippen LogP contribution in [0.25, 0.3) is 0 Å². The number of rotatable bonds is 5. The second-order valence-corrected chi connectivity index (χ2v) is 6.82. The third-order valence-electron chi connectivity index (χ3n) is 4.00. The fourth-order valence-corrected chi connectivity index (χ4v) is 3.19. The summed E-state index contributed by atoms with van der Waals surface area (Å²) in [7, 11) is 2.01. The first-order valence-electron chi connectivity index (χ1n) is 7.58. The standard InChI is InChI=1S/C16H21F3N2OS/c1-20-9-7-14(8-10-20)21(11-13-5-3-2-4-6-13)15(22)12-23-16(17,18)19/h2-6,14H,7-12H2,1H3. The average molecular weight is 346 g/mol. The van der Waals surface area contributed by atoms with Crippen molar-refractivity contribution >= 4 is 17.7 Å². The van der Waals surface area contributed by atoms with Gasteiger partial charge in [0.2, 0.25) is 5.91 Å². The fourth-order valence-electron chi connectivity index (χ4n) is 2.73. The van der Waals surface area contributed by atoms with Crippen molar-refractivity contribution < 1.29 is 18.0 Å². The van der Waals surface area contributed by atoms with Crippen LogP contribution in [-0.2, 0) is 11.3 Å². The van der Waals surface area contributed by atoms with Crippen molar-refractivity contribution in [2.45, 2.75) is 30.9 Å². The number of benzene rings is 1. The molecule has 0 aromatic heterocycles. The number of hydrogen-bond donors (Lipinski definition) is 0. The predicted molar refractivity (Wildman–Crippen MR) is 86.0 cm³/mol. The van der Waals surface area contributed by atoms with Gasteiger partial charge in [-0.1, -0.05) is 30.3 Å². The van der Waals surface area contributed by atoms with Gasteiger partial charge in [0.15, 0.2) is 0 Å². The number of alkyl halides is 3. The van der Waals surface area contributed by atoms with E-state index < -0.39 is 17.2 Å². The van der Waals surface area contributed by atoms with Gasteiger partial charge in [-0.05, 0) is 50.3 Å². The molecule has 1 amide bonds. The van der Waals surface area contributed by atoms with Crippen molar-refractivity contribution in [1.29, 1.82) is 0 Å². The Balaban J connectivity index is 2.05. The van der Waals surface area contributed by atoms with Gasteiger partial charge < -0.3 is 9.80 Å². The molecule has 0 unspecified atom stereocenters. The molecular formula is C16H21F3N2OS. The lowest BCUT2D eigenvalue weighted by atomic mass is 10.0. The molecule has 1 aliphatic heterocycles. The highest BCUT2D eigenvalue weighted by Crippen LogP contribution is 2.31. The third-order valence-corrected chi connectivity index (χ3v) is 4.72. The van der Waals surface area contributed by atoms with Crippen molar-refractivity contribution in [1.82, 2.24) is 9.80 Å². The normalized spacial score (nSPS) is 17.2. The van der Waals surface area contributed by atoms with E-state index in [1.54, 1.807) is 4.90 Å². The molecule has 7 heteroatoms. The Morgan fingerprint density at radius 1 is 1.26 bits per heavy atom. The molecule has 1 heterocycles. The van der Waals surface area contributed by atoms with Gasteiger partial charge in [-0.2, -0.15) is 13.2 Å². The van der Waals surface area contributed by atoms with Crippen LogP contribution in [0, 0.1) is 0 Å². The minimum Gasteiger partial charge on any atom is -0.335 e. The van der Waals surface area contributed by atoms with E-state index in [1.165, 1.54) is 0 Å². The number of halogens is 3. The Bertz CT molecular complexity index is 502. The largest absolute Gasteiger partial charge is 0.442 e. The van der Waals surface area contributed by atoms with Gasteiger partial charge >= 0.3 is 5.51 Å². The van der Waals surface area contributed by atoms with E-state index in [2.05, 4.69) is 4.90 Å². The molecule has 1 aromatic rings. The smallest absolute Gasteiger partial charge is 0.335 e. The van der Waals surface area contributed by atoms with Crippen LogP contribution in [0.4, 0.5) is 13.2 Å². The van der Waals surface area contributed by atoms with Crippen molar-refractivity contribution in [2.24, 2.45) is 0 Å². The number of thioether (sulfide) groups is 1. The Hall–Kier alpha value is -1.21. The Morgan fingerprint density at radius 3 is 2.43 bits per heavy atom. The van der Waals surface area contributed by atoms with Gasteiger partial charge in [0, 0.05) is 12.6 Å². The molecule has 0 N–H and O–H groups in total. The van der Waals surface area contributed by atoms with Gasteiger partial charge in [0.1, 0.15) is 0 Å². The molecule has 1 saturated heterocycles. The average Bonchev–Trinajstić information content (AvgIpc) is 2.52. The lowest BCUT2D eigenvalue weighted by Crippen LogP contribution is -2.47. The zero-order chi connectivity index (χ0) is 16.9. The first kappa shape index (κ1) is 18.1. The molecule has 128 valence electrons. The fraction of sp³-hybridized carbons (Fsp3) is 0.562. The van der Waals surface area contributed by atoms with Crippen LogP contribution < -0.4 is 0 Å². The van der Waals surface area contributed by atoms with E-state index in [9.17, 15) is 18.0 Å². The number of carbonyl (C=O) groups excluding carboxylic acids is 1. The maximum absolute atomic E-state index is 12.4. The minimum atomic E-state index is -4.37. The summed E-state index contributed by atoms with van der Waals surface area (Å²) in [5.74, 6) is -0.992. The second-order valence-electron chi connectivity index (χ2n) is 5.78. The van der Waals surface area contributed by atoms with Gasteiger partial charge in [-0.3, -0.25) is 4.79 Å². The quantitative estimate of drug-likeness (QED) is 0.817. The highest BCUT2D eigenvalue weighted by Gasteiger charge is 2.32. The van der Waals surface area contributed by atoms with Gasteiger partial charge in [0.05, 0.1) is 5.75 Å². The zero-order valence-electron chi connectivity index (χ0n) is 13.1. The highest BCUT2D eigenvalue weighted by atomic mass is 32.2. The minimum absolute atomic E-state index is 0.00717. The number of nitrogens with zero attached hydrogens (tertiary/aromatic N) is 2. The van der Waals surface area contributed by atoms with Gasteiger partial charge in [-0.15, -0.1) is 0 Å². The molecule has 1 aliphatic rings. The van der Waals surface area contributed by atoms with Crippen LogP contribution in [-0.4, -0.2) is 53.1 Å². The number of amides is 1. The highest BCUT2D eigenvalue weighted by molar-refractivity contribution is 8.00. The van der Waals surface area contributed by atoms with Crippen molar-refractivity contribution in [3.8, 4) is 0 Å². The SMILES string of the molecule is CN1CCC(N(Cc2ccccc2)C(=O)CSC(F)(F)F)CC1. The van der Waals surface area contributed by atoms with Crippen LogP contribution >= 0.6 is 11.8 Å². The lowest BCUT2D eigenvalue weighted by molar-refractivity contribution is -0.132. The first-order chi connectivity index (χ1) is 10.8. The summed E-state index contributed by atoms with van der Waals surface area (Å²) in [6, 6.07) is 9.42. The van der Waals surface area contributed by atoms with Crippen molar-refractivity contribution in [3.05, 3.63) is 35.9 Å². The maximum atomic E-state index is 12.4. The Labute approximate surface area is 138 Å². The van der Waals surface area contributed by atoms with Crippen LogP contribution in [0.5, 0.6) is 0 Å². The summed E-state index contributed by atoms with van der Waals surface area (Å²) in [6.07, 6.45) is 1.59. The molecule has 2 rings (SSSR count). The van der Waals surface area contributed by atoms with E-state index in [0.717, 1.165) is 31.5 Å². The molecular weight excluding hydrogens is 325 g/mol. The van der Waals surface area contributed by atoms with Crippen LogP contribution in [0.15, 0.2) is 30.3 Å². The molecule has 0 bridgehead atoms. The van der Waals surface area contributed by atoms with Crippen LogP contribution in [0.1, 0.15) is 18.4 Å². The van der Waals surface area contributed by atoms with Gasteiger partial charge in [-0.25, -0.2) is 0 Å². The second kappa shape index (κ2) is 8.06. The summed E-state index contributed by atoms with van der Waals surface area (Å²) >= 11 is -0.257. The molecule has 0 aliphatic carbocycles. The van der Waals surface area contributed by atoms with E-state index in [-0.39, 0.29) is 17.8 Å². The summed E-state index contributed by atoms with van der Waals surface area (Å²) in [5.41, 5.74) is -3.43. The topological polar surface area (TPSA) is 23.6 Å². The van der Waals surface area contributed by atoms with Crippen LogP contribution in [0.2, 0.25) is 0 Å². The summed E-state index contributed by atoms with van der Waals surface area (Å²) in [6.45, 7) is 2.08. The molecule has 0 saturated carbocycles. The Morgan fingerprint density at radius 2 is 1.87 bits per heavy atom. The molecule has 0 radical (unpaired) electrons. The number of piperidine rings is 1. The van der Waals surface area contributed by atoms with Gasteiger partial charge in [0.25, 0.3) is 0 Å². The maximum Gasteiger partial charge on any atom is 0.442 e. The van der Waals surface area contributed by atoms with E-state index in [0.29, 0.717) is 6.54 Å². The number of hydrogen-bond acceptors (Lipinski definition) is 3. The van der Waals surface area contributed by atoms with Crippen molar-refractivity contribution in [2.75, 3.05) is 25.9 Å². The van der Waals surface area contributed by atoms with Crippen LogP contribution in [0.3, 0.4) is 0 Å². The first-order valence-corrected chi connectivity index (χ1v) is 8.56. The number of carbonyl (C=O) groups is 1. The third kappa shape index (κ3) is 6.06. The van der Waals surface area contributed by atoms with Crippen molar-refractivity contribution in [3.63, 3.8) is 0 Å². The summed E-state index contributed by atoms with van der Waals surface area (Å²) in [5, 5.41) is 0. The lowest BCUT2D eigenvalue weighted by Gasteiger charge is -2.37. The predicted octanol–water partition coefficient (Wildman–Crippen LogP) is 3.36. The molecule has 1 fully saturated rings.